The van der Waals surface area contributed by atoms with Crippen molar-refractivity contribution in [2.24, 2.45) is 4.99 Å². The molecule has 1 aliphatic carbocycles. The molecule has 28 heavy (non-hydrogen) atoms. The lowest BCUT2D eigenvalue weighted by atomic mass is 9.95. The molecule has 0 aromatic heterocycles. The number of carbonyl (C=O) groups excluding carboxylic acids is 1. The molecule has 0 spiro atoms. The van der Waals surface area contributed by atoms with E-state index in [9.17, 15) is 4.79 Å². The van der Waals surface area contributed by atoms with Gasteiger partial charge < -0.3 is 20.3 Å². The molecule has 6 heteroatoms. The van der Waals surface area contributed by atoms with Crippen LogP contribution in [-0.4, -0.2) is 56.1 Å². The lowest BCUT2D eigenvalue weighted by Crippen LogP contribution is -2.51. The van der Waals surface area contributed by atoms with Crippen LogP contribution < -0.4 is 10.6 Å². The van der Waals surface area contributed by atoms with Gasteiger partial charge in [-0.2, -0.15) is 0 Å². The lowest BCUT2D eigenvalue weighted by Gasteiger charge is -2.35. The van der Waals surface area contributed by atoms with Crippen molar-refractivity contribution in [2.45, 2.75) is 58.1 Å². The second-order valence-electron chi connectivity index (χ2n) is 7.97. The minimum absolute atomic E-state index is 0.0176. The van der Waals surface area contributed by atoms with E-state index in [0.717, 1.165) is 31.9 Å². The van der Waals surface area contributed by atoms with Crippen molar-refractivity contribution in [3.8, 4) is 0 Å². The Morgan fingerprint density at radius 1 is 1.25 bits per heavy atom. The first-order valence-electron chi connectivity index (χ1n) is 10.5. The Morgan fingerprint density at radius 3 is 2.75 bits per heavy atom. The van der Waals surface area contributed by atoms with E-state index in [1.54, 1.807) is 7.05 Å². The monoisotopic (exact) mass is 386 g/mol. The first kappa shape index (κ1) is 20.6. The SMILES string of the molecule is CN=C(NCC(=O)NC1CCCCC1)N1CCOC(c2ccc(C)cc2C)C1. The van der Waals surface area contributed by atoms with Crippen molar-refractivity contribution in [1.82, 2.24) is 15.5 Å². The van der Waals surface area contributed by atoms with Gasteiger partial charge in [-0.1, -0.05) is 43.0 Å². The maximum absolute atomic E-state index is 12.3. The summed E-state index contributed by atoms with van der Waals surface area (Å²) in [5.41, 5.74) is 3.73. The van der Waals surface area contributed by atoms with Crippen LogP contribution in [0.4, 0.5) is 0 Å². The second kappa shape index (κ2) is 9.92. The Kier molecular flexibility index (Phi) is 7.31. The molecule has 0 radical (unpaired) electrons. The van der Waals surface area contributed by atoms with Crippen LogP contribution in [0.1, 0.15) is 54.9 Å². The van der Waals surface area contributed by atoms with Crippen molar-refractivity contribution in [3.05, 3.63) is 34.9 Å². The summed E-state index contributed by atoms with van der Waals surface area (Å²) in [4.78, 5) is 18.9. The molecule has 1 atom stereocenters. The largest absolute Gasteiger partial charge is 0.370 e. The summed E-state index contributed by atoms with van der Waals surface area (Å²) in [7, 11) is 1.77. The molecule has 154 valence electrons. The Labute approximate surface area is 168 Å². The first-order valence-corrected chi connectivity index (χ1v) is 10.5. The van der Waals surface area contributed by atoms with Gasteiger partial charge in [-0.25, -0.2) is 0 Å². The molecule has 1 heterocycles. The normalized spacial score (nSPS) is 21.5. The smallest absolute Gasteiger partial charge is 0.239 e. The number of nitrogens with one attached hydrogen (secondary N) is 2. The van der Waals surface area contributed by atoms with Gasteiger partial charge in [-0.15, -0.1) is 0 Å². The van der Waals surface area contributed by atoms with Crippen LogP contribution in [0.2, 0.25) is 0 Å². The molecule has 2 aliphatic rings. The van der Waals surface area contributed by atoms with Crippen molar-refractivity contribution in [1.29, 1.82) is 0 Å². The number of guanidine groups is 1. The van der Waals surface area contributed by atoms with E-state index in [-0.39, 0.29) is 18.6 Å². The summed E-state index contributed by atoms with van der Waals surface area (Å²) in [6.07, 6.45) is 5.93. The van der Waals surface area contributed by atoms with Gasteiger partial charge in [0.15, 0.2) is 5.96 Å². The molecule has 1 amide bonds. The van der Waals surface area contributed by atoms with E-state index >= 15 is 0 Å². The van der Waals surface area contributed by atoms with Gasteiger partial charge in [0.1, 0.15) is 6.10 Å². The topological polar surface area (TPSA) is 66.0 Å². The summed E-state index contributed by atoms with van der Waals surface area (Å²) < 4.78 is 6.03. The molecule has 1 aliphatic heterocycles. The molecule has 0 bridgehead atoms. The minimum Gasteiger partial charge on any atom is -0.370 e. The highest BCUT2D eigenvalue weighted by molar-refractivity contribution is 5.86. The van der Waals surface area contributed by atoms with Crippen LogP contribution >= 0.6 is 0 Å². The number of aryl methyl sites for hydroxylation is 2. The Morgan fingerprint density at radius 2 is 2.04 bits per heavy atom. The van der Waals surface area contributed by atoms with Crippen LogP contribution in [-0.2, 0) is 9.53 Å². The molecule has 2 N–H and O–H groups in total. The number of amides is 1. The zero-order valence-electron chi connectivity index (χ0n) is 17.5. The minimum atomic E-state index is 0.0176. The van der Waals surface area contributed by atoms with Crippen molar-refractivity contribution >= 4 is 11.9 Å². The number of aliphatic imine (C=N–C) groups is 1. The predicted molar refractivity (Wildman–Crippen MR) is 113 cm³/mol. The molecule has 1 aromatic rings. The lowest BCUT2D eigenvalue weighted by molar-refractivity contribution is -0.120. The highest BCUT2D eigenvalue weighted by Crippen LogP contribution is 2.26. The van der Waals surface area contributed by atoms with Gasteiger partial charge in [0.2, 0.25) is 5.91 Å². The summed E-state index contributed by atoms with van der Waals surface area (Å²) in [6, 6.07) is 6.82. The third-order valence-corrected chi connectivity index (χ3v) is 5.73. The third-order valence-electron chi connectivity index (χ3n) is 5.73. The summed E-state index contributed by atoms with van der Waals surface area (Å²) in [5, 5.41) is 6.38. The van der Waals surface area contributed by atoms with E-state index < -0.39 is 0 Å². The molecule has 1 unspecified atom stereocenters. The highest BCUT2D eigenvalue weighted by atomic mass is 16.5. The number of hydrogen-bond acceptors (Lipinski definition) is 3. The van der Waals surface area contributed by atoms with Gasteiger partial charge >= 0.3 is 0 Å². The van der Waals surface area contributed by atoms with Crippen molar-refractivity contribution < 1.29 is 9.53 Å². The third kappa shape index (κ3) is 5.47. The number of hydrogen-bond donors (Lipinski definition) is 2. The predicted octanol–water partition coefficient (Wildman–Crippen LogP) is 2.70. The van der Waals surface area contributed by atoms with Gasteiger partial charge in [0.25, 0.3) is 0 Å². The van der Waals surface area contributed by atoms with Crippen LogP contribution in [0.5, 0.6) is 0 Å². The number of benzene rings is 1. The zero-order chi connectivity index (χ0) is 19.9. The number of nitrogens with zero attached hydrogens (tertiary/aromatic N) is 2. The molecule has 2 fully saturated rings. The number of rotatable bonds is 4. The summed E-state index contributed by atoms with van der Waals surface area (Å²) >= 11 is 0. The van der Waals surface area contributed by atoms with E-state index in [4.69, 9.17) is 4.74 Å². The van der Waals surface area contributed by atoms with Gasteiger partial charge in [0, 0.05) is 19.6 Å². The molecular formula is C22H34N4O2. The van der Waals surface area contributed by atoms with Gasteiger partial charge in [0.05, 0.1) is 19.7 Å². The van der Waals surface area contributed by atoms with Crippen molar-refractivity contribution in [2.75, 3.05) is 33.3 Å². The summed E-state index contributed by atoms with van der Waals surface area (Å²) in [6.45, 7) is 6.64. The maximum atomic E-state index is 12.3. The Bertz CT molecular complexity index is 698. The zero-order valence-corrected chi connectivity index (χ0v) is 17.5. The van der Waals surface area contributed by atoms with E-state index in [2.05, 4.69) is 52.6 Å². The Hall–Kier alpha value is -2.08. The molecule has 1 saturated heterocycles. The fourth-order valence-corrected chi connectivity index (χ4v) is 4.23. The van der Waals surface area contributed by atoms with E-state index in [1.807, 2.05) is 0 Å². The standard InChI is InChI=1S/C22H34N4O2/c1-16-9-10-19(17(2)13-16)20-15-26(11-12-28-20)22(23-3)24-14-21(27)25-18-7-5-4-6-8-18/h9-10,13,18,20H,4-8,11-12,14-15H2,1-3H3,(H,23,24)(H,25,27). The first-order chi connectivity index (χ1) is 13.6. The van der Waals surface area contributed by atoms with Crippen LogP contribution in [0, 0.1) is 13.8 Å². The van der Waals surface area contributed by atoms with E-state index in [0.29, 0.717) is 12.6 Å². The average molecular weight is 387 g/mol. The maximum Gasteiger partial charge on any atom is 0.239 e. The fraction of sp³-hybridized carbons (Fsp3) is 0.636. The van der Waals surface area contributed by atoms with Crippen LogP contribution in [0.3, 0.4) is 0 Å². The number of carbonyl (C=O) groups is 1. The van der Waals surface area contributed by atoms with Crippen LogP contribution in [0.25, 0.3) is 0 Å². The molecule has 3 rings (SSSR count). The van der Waals surface area contributed by atoms with Gasteiger partial charge in [-0.3, -0.25) is 9.79 Å². The highest BCUT2D eigenvalue weighted by Gasteiger charge is 2.25. The van der Waals surface area contributed by atoms with Crippen molar-refractivity contribution in [3.63, 3.8) is 0 Å². The average Bonchev–Trinajstić information content (AvgIpc) is 2.69. The second-order valence-corrected chi connectivity index (χ2v) is 7.97. The fourth-order valence-electron chi connectivity index (χ4n) is 4.23. The molecular weight excluding hydrogens is 352 g/mol. The van der Waals surface area contributed by atoms with Crippen LogP contribution in [0.15, 0.2) is 23.2 Å². The summed E-state index contributed by atoms with van der Waals surface area (Å²) in [5.74, 6) is 0.809. The number of ether oxygens (including phenoxy) is 1. The van der Waals surface area contributed by atoms with E-state index in [1.165, 1.54) is 36.0 Å². The molecule has 1 saturated carbocycles. The molecule has 6 nitrogen and oxygen atoms in total. The quantitative estimate of drug-likeness (QED) is 0.617. The molecule has 1 aromatic carbocycles. The van der Waals surface area contributed by atoms with Gasteiger partial charge in [-0.05, 0) is 37.8 Å². The number of morpholine rings is 1. The Balaban J connectivity index is 1.54.